The number of nitrogens with one attached hydrogen (secondary N) is 2. The van der Waals surface area contributed by atoms with Gasteiger partial charge in [0.2, 0.25) is 11.8 Å². The van der Waals surface area contributed by atoms with Crippen molar-refractivity contribution < 1.29 is 14.3 Å². The molecule has 0 spiro atoms. The number of hydrogen-bond donors (Lipinski definition) is 2. The number of aromatic nitrogens is 1. The molecule has 3 heterocycles. The fourth-order valence-corrected chi connectivity index (χ4v) is 9.09. The molecule has 0 bridgehead atoms. The number of carbonyl (C=O) groups is 2. The first-order chi connectivity index (χ1) is 20.8. The third kappa shape index (κ3) is 5.24. The number of amides is 2. The second kappa shape index (κ2) is 11.2. The minimum absolute atomic E-state index is 0.0220. The van der Waals surface area contributed by atoms with Crippen molar-refractivity contribution in [2.24, 2.45) is 11.3 Å². The molecule has 228 valence electrons. The number of hydrogen-bond acceptors (Lipinski definition) is 5. The van der Waals surface area contributed by atoms with Crippen molar-refractivity contribution in [1.82, 2.24) is 9.88 Å². The van der Waals surface area contributed by atoms with Gasteiger partial charge in [0.25, 0.3) is 0 Å². The molecule has 2 atom stereocenters. The van der Waals surface area contributed by atoms with E-state index >= 15 is 0 Å². The maximum Gasteiger partial charge on any atom is 0.250 e. The number of anilines is 2. The maximum absolute atomic E-state index is 14.4. The van der Waals surface area contributed by atoms with Gasteiger partial charge in [-0.2, -0.15) is 11.8 Å². The van der Waals surface area contributed by atoms with E-state index in [4.69, 9.17) is 4.74 Å². The third-order valence-corrected chi connectivity index (χ3v) is 11.6. The number of morpholine rings is 1. The average Bonchev–Trinajstić information content (AvgIpc) is 3.90. The Morgan fingerprint density at radius 1 is 1.05 bits per heavy atom. The van der Waals surface area contributed by atoms with E-state index in [0.29, 0.717) is 25.2 Å². The van der Waals surface area contributed by atoms with Crippen LogP contribution in [0.1, 0.15) is 63.1 Å². The number of thioether (sulfide) groups is 1. The molecule has 2 N–H and O–H groups in total. The number of rotatable bonds is 8. The van der Waals surface area contributed by atoms with Crippen LogP contribution in [-0.2, 0) is 14.3 Å². The van der Waals surface area contributed by atoms with Gasteiger partial charge in [-0.15, -0.1) is 0 Å². The molecule has 43 heavy (non-hydrogen) atoms. The van der Waals surface area contributed by atoms with Gasteiger partial charge in [0.15, 0.2) is 0 Å². The summed E-state index contributed by atoms with van der Waals surface area (Å²) in [6.07, 6.45) is 3.87. The van der Waals surface area contributed by atoms with Gasteiger partial charge >= 0.3 is 0 Å². The lowest BCUT2D eigenvalue weighted by atomic mass is 9.87. The van der Waals surface area contributed by atoms with Gasteiger partial charge in [0.05, 0.1) is 13.2 Å². The van der Waals surface area contributed by atoms with E-state index in [0.717, 1.165) is 67.5 Å². The van der Waals surface area contributed by atoms with Crippen molar-refractivity contribution in [3.8, 4) is 0 Å². The van der Waals surface area contributed by atoms with Crippen molar-refractivity contribution in [2.75, 3.05) is 48.0 Å². The minimum Gasteiger partial charge on any atom is -0.378 e. The number of fused-ring (bicyclic) bond motifs is 1. The molecule has 2 saturated carbocycles. The summed E-state index contributed by atoms with van der Waals surface area (Å²) < 4.78 is 5.49. The van der Waals surface area contributed by atoms with Crippen LogP contribution >= 0.6 is 11.8 Å². The van der Waals surface area contributed by atoms with Crippen LogP contribution < -0.4 is 10.2 Å². The predicted molar refractivity (Wildman–Crippen MR) is 175 cm³/mol. The van der Waals surface area contributed by atoms with Crippen LogP contribution in [0.5, 0.6) is 0 Å². The summed E-state index contributed by atoms with van der Waals surface area (Å²) in [5.41, 5.74) is 4.90. The van der Waals surface area contributed by atoms with E-state index in [1.54, 1.807) is 0 Å². The van der Waals surface area contributed by atoms with E-state index in [1.165, 1.54) is 16.6 Å². The van der Waals surface area contributed by atoms with Crippen LogP contribution in [0, 0.1) is 18.3 Å². The summed E-state index contributed by atoms with van der Waals surface area (Å²) in [5, 5.41) is 4.53. The highest BCUT2D eigenvalue weighted by molar-refractivity contribution is 7.99. The van der Waals surface area contributed by atoms with Crippen LogP contribution in [0.15, 0.2) is 48.5 Å². The standard InChI is InChI=1S/C35H44N4O3S/c1-23-31(27-6-4-5-7-29(27)36-23)32-28(34(32,2)3)22-30(40)39(26-12-13-26)35(14-20-43-21-15-35)33(41)37-24-8-10-25(11-9-24)38-16-18-42-19-17-38/h4-11,26,28,32,36H,12-22H2,1-3H3,(H,37,41). The molecule has 4 fully saturated rings. The van der Waals surface area contributed by atoms with Gasteiger partial charge in [-0.25, -0.2) is 0 Å². The molecule has 2 saturated heterocycles. The Labute approximate surface area is 259 Å². The Bertz CT molecular complexity index is 1500. The summed E-state index contributed by atoms with van der Waals surface area (Å²) in [7, 11) is 0. The van der Waals surface area contributed by atoms with Crippen molar-refractivity contribution in [3.05, 3.63) is 59.8 Å². The van der Waals surface area contributed by atoms with E-state index in [9.17, 15) is 9.59 Å². The Morgan fingerprint density at radius 2 is 1.74 bits per heavy atom. The molecule has 3 aromatic rings. The number of aromatic amines is 1. The lowest BCUT2D eigenvalue weighted by Gasteiger charge is -2.45. The van der Waals surface area contributed by atoms with Crippen molar-refractivity contribution in [3.63, 3.8) is 0 Å². The minimum atomic E-state index is -0.794. The van der Waals surface area contributed by atoms with Crippen molar-refractivity contribution >= 4 is 45.9 Å². The van der Waals surface area contributed by atoms with Gasteiger partial charge in [0, 0.05) is 53.5 Å². The second-order valence-corrected chi connectivity index (χ2v) is 14.8. The lowest BCUT2D eigenvalue weighted by Crippen LogP contribution is -2.61. The van der Waals surface area contributed by atoms with Gasteiger partial charge in [-0.1, -0.05) is 32.0 Å². The molecule has 2 aliphatic heterocycles. The maximum atomic E-state index is 14.4. The fourth-order valence-electron chi connectivity index (χ4n) is 7.92. The summed E-state index contributed by atoms with van der Waals surface area (Å²) in [5.74, 6) is 2.50. The smallest absolute Gasteiger partial charge is 0.250 e. The summed E-state index contributed by atoms with van der Waals surface area (Å²) in [6.45, 7) is 10.0. The Kier molecular flexibility index (Phi) is 7.49. The topological polar surface area (TPSA) is 77.7 Å². The Hall–Kier alpha value is -2.97. The van der Waals surface area contributed by atoms with Crippen LogP contribution in [0.2, 0.25) is 0 Å². The molecular formula is C35H44N4O3S. The zero-order chi connectivity index (χ0) is 29.8. The number of ether oxygens (including phenoxy) is 1. The van der Waals surface area contributed by atoms with Crippen LogP contribution in [0.4, 0.5) is 11.4 Å². The predicted octanol–water partition coefficient (Wildman–Crippen LogP) is 6.34. The van der Waals surface area contributed by atoms with E-state index in [2.05, 4.69) is 77.3 Å². The highest BCUT2D eigenvalue weighted by Crippen LogP contribution is 2.67. The van der Waals surface area contributed by atoms with E-state index < -0.39 is 5.54 Å². The highest BCUT2D eigenvalue weighted by Gasteiger charge is 2.61. The molecule has 1 aromatic heterocycles. The number of nitrogens with zero attached hydrogens (tertiary/aromatic N) is 2. The first-order valence-corrected chi connectivity index (χ1v) is 17.2. The fraction of sp³-hybridized carbons (Fsp3) is 0.543. The number of H-pyrrole nitrogens is 1. The number of para-hydroxylation sites is 1. The highest BCUT2D eigenvalue weighted by atomic mass is 32.2. The summed E-state index contributed by atoms with van der Waals surface area (Å²) in [6, 6.07) is 16.8. The third-order valence-electron chi connectivity index (χ3n) is 10.6. The monoisotopic (exact) mass is 600 g/mol. The zero-order valence-electron chi connectivity index (χ0n) is 25.7. The molecule has 4 aliphatic rings. The summed E-state index contributed by atoms with van der Waals surface area (Å²) in [4.78, 5) is 36.7. The molecule has 7 nitrogen and oxygen atoms in total. The molecule has 2 amide bonds. The molecule has 2 aliphatic carbocycles. The Morgan fingerprint density at radius 3 is 2.44 bits per heavy atom. The second-order valence-electron chi connectivity index (χ2n) is 13.6. The number of carbonyl (C=O) groups excluding carboxylic acids is 2. The molecule has 7 rings (SSSR count). The van der Waals surface area contributed by atoms with E-state index in [1.807, 2.05) is 23.9 Å². The molecule has 2 aromatic carbocycles. The first-order valence-electron chi connectivity index (χ1n) is 16.0. The quantitative estimate of drug-likeness (QED) is 0.316. The summed E-state index contributed by atoms with van der Waals surface area (Å²) >= 11 is 1.89. The SMILES string of the molecule is Cc1[nH]c2ccccc2c1C1C(CC(=O)N(C2CC2)C2(C(=O)Nc3ccc(N4CCOCC4)cc3)CCSCC2)C1(C)C. The molecular weight excluding hydrogens is 556 g/mol. The molecule has 8 heteroatoms. The van der Waals surface area contributed by atoms with E-state index in [-0.39, 0.29) is 29.2 Å². The van der Waals surface area contributed by atoms with Gasteiger partial charge in [0.1, 0.15) is 5.54 Å². The van der Waals surface area contributed by atoms with Crippen LogP contribution in [-0.4, -0.2) is 71.1 Å². The number of benzene rings is 2. The lowest BCUT2D eigenvalue weighted by molar-refractivity contribution is -0.147. The van der Waals surface area contributed by atoms with Gasteiger partial charge in [-0.3, -0.25) is 9.59 Å². The van der Waals surface area contributed by atoms with Crippen LogP contribution in [0.3, 0.4) is 0 Å². The Balaban J connectivity index is 1.12. The normalized spacial score (nSPS) is 24.5. The number of aryl methyl sites for hydroxylation is 1. The van der Waals surface area contributed by atoms with Gasteiger partial charge < -0.3 is 24.8 Å². The zero-order valence-corrected chi connectivity index (χ0v) is 26.5. The molecule has 0 radical (unpaired) electrons. The van der Waals surface area contributed by atoms with Crippen molar-refractivity contribution in [2.45, 2.75) is 70.4 Å². The van der Waals surface area contributed by atoms with Crippen LogP contribution in [0.25, 0.3) is 10.9 Å². The average molecular weight is 601 g/mol. The van der Waals surface area contributed by atoms with Gasteiger partial charge in [-0.05, 0) is 97.3 Å². The molecule has 2 unspecified atom stereocenters. The van der Waals surface area contributed by atoms with Crippen molar-refractivity contribution in [1.29, 1.82) is 0 Å². The largest absolute Gasteiger partial charge is 0.378 e. The first kappa shape index (κ1) is 28.8.